The molecule has 0 saturated heterocycles. The van der Waals surface area contributed by atoms with Crippen LogP contribution in [0.5, 0.6) is 0 Å². The molecule has 0 N–H and O–H groups in total. The summed E-state index contributed by atoms with van der Waals surface area (Å²) in [5.41, 5.74) is 0.560. The molecule has 0 aliphatic carbocycles. The van der Waals surface area contributed by atoms with Crippen molar-refractivity contribution in [2.24, 2.45) is 0 Å². The Balaban J connectivity index is 2.72. The maximum absolute atomic E-state index is 13.0. The van der Waals surface area contributed by atoms with E-state index < -0.39 is 11.8 Å². The Kier molecular flexibility index (Phi) is 4.31. The van der Waals surface area contributed by atoms with E-state index in [-0.39, 0.29) is 5.02 Å². The molecule has 0 fully saturated rings. The Morgan fingerprint density at radius 3 is 2.93 bits per heavy atom. The van der Waals surface area contributed by atoms with Gasteiger partial charge in [-0.15, -0.1) is 0 Å². The predicted octanol–water partition coefficient (Wildman–Crippen LogP) is 3.06. The van der Waals surface area contributed by atoms with Gasteiger partial charge < -0.3 is 4.74 Å². The molecule has 0 spiro atoms. The zero-order valence-electron chi connectivity index (χ0n) is 8.17. The largest absolute Gasteiger partial charge is 0.463 e. The van der Waals surface area contributed by atoms with Crippen LogP contribution in [0.25, 0.3) is 6.08 Å². The lowest BCUT2D eigenvalue weighted by molar-refractivity contribution is -0.137. The quantitative estimate of drug-likeness (QED) is 0.587. The number of carbonyl (C=O) groups is 1. The topological polar surface area (TPSA) is 26.3 Å². The molecule has 15 heavy (non-hydrogen) atoms. The highest BCUT2D eigenvalue weighted by Gasteiger charge is 1.99. The van der Waals surface area contributed by atoms with Gasteiger partial charge in [-0.1, -0.05) is 17.7 Å². The first kappa shape index (κ1) is 11.7. The van der Waals surface area contributed by atoms with E-state index in [1.807, 2.05) is 0 Å². The second-order valence-corrected chi connectivity index (χ2v) is 3.17. The minimum absolute atomic E-state index is 0.0586. The molecule has 0 aliphatic heterocycles. The summed E-state index contributed by atoms with van der Waals surface area (Å²) in [4.78, 5) is 10.9. The van der Waals surface area contributed by atoms with Gasteiger partial charge in [0.2, 0.25) is 0 Å². The molecule has 0 bridgehead atoms. The van der Waals surface area contributed by atoms with Gasteiger partial charge >= 0.3 is 5.97 Å². The molecule has 0 aliphatic rings. The zero-order chi connectivity index (χ0) is 11.3. The fourth-order valence-electron chi connectivity index (χ4n) is 0.971. The van der Waals surface area contributed by atoms with Gasteiger partial charge in [-0.2, -0.15) is 0 Å². The van der Waals surface area contributed by atoms with Gasteiger partial charge in [-0.05, 0) is 30.7 Å². The van der Waals surface area contributed by atoms with E-state index in [0.29, 0.717) is 12.2 Å². The molecule has 0 radical (unpaired) electrons. The number of rotatable bonds is 3. The number of carbonyl (C=O) groups excluding carboxylic acids is 1. The highest BCUT2D eigenvalue weighted by molar-refractivity contribution is 6.30. The third-order valence-corrected chi connectivity index (χ3v) is 1.95. The van der Waals surface area contributed by atoms with E-state index in [4.69, 9.17) is 11.6 Å². The minimum Gasteiger partial charge on any atom is -0.463 e. The second kappa shape index (κ2) is 5.51. The molecule has 0 heterocycles. The number of esters is 1. The fraction of sp³-hybridized carbons (Fsp3) is 0.182. The molecule has 80 valence electrons. The lowest BCUT2D eigenvalue weighted by Crippen LogP contribution is -1.98. The number of halogens is 2. The van der Waals surface area contributed by atoms with Crippen molar-refractivity contribution in [1.29, 1.82) is 0 Å². The summed E-state index contributed by atoms with van der Waals surface area (Å²) >= 11 is 5.50. The van der Waals surface area contributed by atoms with E-state index in [2.05, 4.69) is 4.74 Å². The number of hydrogen-bond donors (Lipinski definition) is 0. The van der Waals surface area contributed by atoms with Crippen LogP contribution in [-0.2, 0) is 9.53 Å². The Morgan fingerprint density at radius 1 is 1.60 bits per heavy atom. The fourth-order valence-corrected chi connectivity index (χ4v) is 1.09. The molecule has 1 aromatic rings. The summed E-state index contributed by atoms with van der Waals surface area (Å²) in [7, 11) is 0. The van der Waals surface area contributed by atoms with Crippen LogP contribution in [0.15, 0.2) is 24.3 Å². The summed E-state index contributed by atoms with van der Waals surface area (Å²) in [6.45, 7) is 2.03. The first-order chi connectivity index (χ1) is 7.13. The van der Waals surface area contributed by atoms with E-state index >= 15 is 0 Å². The molecule has 4 heteroatoms. The summed E-state index contributed by atoms with van der Waals surface area (Å²) in [5.74, 6) is -0.962. The number of hydrogen-bond acceptors (Lipinski definition) is 2. The van der Waals surface area contributed by atoms with Crippen LogP contribution >= 0.6 is 11.6 Å². The van der Waals surface area contributed by atoms with Gasteiger partial charge in [0.05, 0.1) is 11.6 Å². The van der Waals surface area contributed by atoms with E-state index in [1.54, 1.807) is 13.0 Å². The highest BCUT2D eigenvalue weighted by Crippen LogP contribution is 2.16. The lowest BCUT2D eigenvalue weighted by Gasteiger charge is -1.97. The van der Waals surface area contributed by atoms with Crippen LogP contribution in [-0.4, -0.2) is 12.6 Å². The standard InChI is InChI=1S/C11H10ClFO2/c1-2-15-11(14)6-4-8-3-5-9(12)10(13)7-8/h3-7H,2H2,1H3. The van der Waals surface area contributed by atoms with Crippen molar-refractivity contribution in [2.75, 3.05) is 6.61 Å². The summed E-state index contributed by atoms with van der Waals surface area (Å²) in [6.07, 6.45) is 2.71. The SMILES string of the molecule is CCOC(=O)C=Cc1ccc(Cl)c(F)c1. The molecule has 0 atom stereocenters. The van der Waals surface area contributed by atoms with E-state index in [9.17, 15) is 9.18 Å². The molecule has 0 unspecified atom stereocenters. The summed E-state index contributed by atoms with van der Waals surface area (Å²) in [6, 6.07) is 4.29. The first-order valence-electron chi connectivity index (χ1n) is 4.43. The monoisotopic (exact) mass is 228 g/mol. The second-order valence-electron chi connectivity index (χ2n) is 2.76. The van der Waals surface area contributed by atoms with Crippen molar-refractivity contribution in [3.63, 3.8) is 0 Å². The Bertz CT molecular complexity index is 388. The molecule has 1 aromatic carbocycles. The first-order valence-corrected chi connectivity index (χ1v) is 4.81. The molecule has 0 saturated carbocycles. The lowest BCUT2D eigenvalue weighted by atomic mass is 10.2. The molecule has 0 amide bonds. The third-order valence-electron chi connectivity index (χ3n) is 1.64. The van der Waals surface area contributed by atoms with Crippen molar-refractivity contribution in [3.05, 3.63) is 40.7 Å². The van der Waals surface area contributed by atoms with Crippen LogP contribution in [0, 0.1) is 5.82 Å². The normalized spacial score (nSPS) is 10.6. The predicted molar refractivity (Wildman–Crippen MR) is 57.1 cm³/mol. The maximum atomic E-state index is 13.0. The van der Waals surface area contributed by atoms with Crippen molar-refractivity contribution < 1.29 is 13.9 Å². The Labute approximate surface area is 92.3 Å². The van der Waals surface area contributed by atoms with Gasteiger partial charge in [0, 0.05) is 6.08 Å². The molecular weight excluding hydrogens is 219 g/mol. The minimum atomic E-state index is -0.511. The van der Waals surface area contributed by atoms with Gasteiger partial charge in [0.15, 0.2) is 0 Å². The van der Waals surface area contributed by atoms with Crippen molar-refractivity contribution in [2.45, 2.75) is 6.92 Å². The molecule has 0 aromatic heterocycles. The third kappa shape index (κ3) is 3.72. The molecule has 1 rings (SSSR count). The Morgan fingerprint density at radius 2 is 2.33 bits per heavy atom. The average molecular weight is 229 g/mol. The zero-order valence-corrected chi connectivity index (χ0v) is 8.92. The van der Waals surface area contributed by atoms with Gasteiger partial charge in [0.25, 0.3) is 0 Å². The molecule has 2 nitrogen and oxygen atoms in total. The highest BCUT2D eigenvalue weighted by atomic mass is 35.5. The van der Waals surface area contributed by atoms with E-state index in [1.165, 1.54) is 24.3 Å². The van der Waals surface area contributed by atoms with Gasteiger partial charge in [-0.3, -0.25) is 0 Å². The smallest absolute Gasteiger partial charge is 0.330 e. The van der Waals surface area contributed by atoms with Crippen molar-refractivity contribution >= 4 is 23.6 Å². The average Bonchev–Trinajstić information content (AvgIpc) is 2.20. The van der Waals surface area contributed by atoms with Gasteiger partial charge in [0.1, 0.15) is 5.82 Å². The summed E-state index contributed by atoms with van der Waals surface area (Å²) < 4.78 is 17.6. The number of benzene rings is 1. The Hall–Kier alpha value is -1.35. The van der Waals surface area contributed by atoms with Crippen LogP contribution in [0.4, 0.5) is 4.39 Å². The van der Waals surface area contributed by atoms with Crippen molar-refractivity contribution in [3.8, 4) is 0 Å². The number of ether oxygens (including phenoxy) is 1. The maximum Gasteiger partial charge on any atom is 0.330 e. The van der Waals surface area contributed by atoms with Crippen molar-refractivity contribution in [1.82, 2.24) is 0 Å². The summed E-state index contributed by atoms with van der Waals surface area (Å²) in [5, 5.41) is 0.0586. The van der Waals surface area contributed by atoms with Crippen LogP contribution in [0.1, 0.15) is 12.5 Å². The van der Waals surface area contributed by atoms with Crippen LogP contribution in [0.3, 0.4) is 0 Å². The van der Waals surface area contributed by atoms with E-state index in [0.717, 1.165) is 0 Å². The van der Waals surface area contributed by atoms with Crippen LogP contribution in [0.2, 0.25) is 5.02 Å². The van der Waals surface area contributed by atoms with Crippen LogP contribution < -0.4 is 0 Å². The van der Waals surface area contributed by atoms with Gasteiger partial charge in [-0.25, -0.2) is 9.18 Å². The molecular formula is C11H10ClFO2.